The van der Waals surface area contributed by atoms with E-state index >= 15 is 0 Å². The summed E-state index contributed by atoms with van der Waals surface area (Å²) in [6, 6.07) is 0. The second kappa shape index (κ2) is 8.87. The minimum absolute atomic E-state index is 0.108. The van der Waals surface area contributed by atoms with Gasteiger partial charge in [-0.25, -0.2) is 0 Å². The van der Waals surface area contributed by atoms with Gasteiger partial charge in [-0.1, -0.05) is 80.6 Å². The fourth-order valence-corrected chi connectivity index (χ4v) is 5.93. The highest BCUT2D eigenvalue weighted by molar-refractivity contribution is 5.93. The molecular formula is C25H48N2. The van der Waals surface area contributed by atoms with Gasteiger partial charge in [0.05, 0.1) is 5.54 Å². The molecule has 0 unspecified atom stereocenters. The van der Waals surface area contributed by atoms with E-state index in [1.54, 1.807) is 0 Å². The van der Waals surface area contributed by atoms with Gasteiger partial charge in [0.25, 0.3) is 0 Å². The normalized spacial score (nSPS) is 29.0. The topological polar surface area (TPSA) is 15.6 Å². The van der Waals surface area contributed by atoms with E-state index in [0.717, 1.165) is 11.8 Å². The molecule has 27 heavy (non-hydrogen) atoms. The zero-order chi connectivity index (χ0) is 20.3. The molecule has 0 spiro atoms. The molecule has 0 N–H and O–H groups in total. The van der Waals surface area contributed by atoms with Crippen molar-refractivity contribution in [3.05, 3.63) is 0 Å². The van der Waals surface area contributed by atoms with E-state index in [1.807, 2.05) is 0 Å². The summed E-state index contributed by atoms with van der Waals surface area (Å²) in [4.78, 5) is 0. The second-order valence-electron chi connectivity index (χ2n) is 11.8. The Morgan fingerprint density at radius 1 is 0.778 bits per heavy atom. The molecule has 2 nitrogen and oxygen atoms in total. The first kappa shape index (κ1) is 22.8. The SMILES string of the molecule is CC1CCC(C2CCCCCCC2)(N(C)N=C(C(C)(C)C)C(C)(C)C)CC1. The van der Waals surface area contributed by atoms with Crippen LogP contribution in [0.1, 0.15) is 119 Å². The van der Waals surface area contributed by atoms with Gasteiger partial charge < -0.3 is 0 Å². The predicted molar refractivity (Wildman–Crippen MR) is 120 cm³/mol. The van der Waals surface area contributed by atoms with Crippen molar-refractivity contribution >= 4 is 5.71 Å². The minimum Gasteiger partial charge on any atom is -0.294 e. The molecule has 158 valence electrons. The molecule has 0 amide bonds. The van der Waals surface area contributed by atoms with Crippen LogP contribution >= 0.6 is 0 Å². The third-order valence-corrected chi connectivity index (χ3v) is 7.32. The van der Waals surface area contributed by atoms with Gasteiger partial charge in [-0.3, -0.25) is 5.01 Å². The Hall–Kier alpha value is -0.530. The van der Waals surface area contributed by atoms with Gasteiger partial charge in [-0.15, -0.1) is 0 Å². The van der Waals surface area contributed by atoms with Crippen LogP contribution in [0.15, 0.2) is 5.10 Å². The molecule has 0 radical (unpaired) electrons. The molecule has 0 bridgehead atoms. The first-order valence-electron chi connectivity index (χ1n) is 11.8. The quantitative estimate of drug-likeness (QED) is 0.364. The maximum Gasteiger partial charge on any atom is 0.0604 e. The summed E-state index contributed by atoms with van der Waals surface area (Å²) in [7, 11) is 2.31. The van der Waals surface area contributed by atoms with E-state index in [4.69, 9.17) is 5.10 Å². The third-order valence-electron chi connectivity index (χ3n) is 7.32. The molecule has 2 aliphatic carbocycles. The highest BCUT2D eigenvalue weighted by Gasteiger charge is 2.45. The largest absolute Gasteiger partial charge is 0.294 e. The molecule has 2 aliphatic rings. The van der Waals surface area contributed by atoms with Crippen LogP contribution in [0.4, 0.5) is 0 Å². The van der Waals surface area contributed by atoms with Gasteiger partial charge in [-0.2, -0.15) is 5.10 Å². The lowest BCUT2D eigenvalue weighted by Crippen LogP contribution is -2.53. The van der Waals surface area contributed by atoms with E-state index in [1.165, 1.54) is 76.3 Å². The minimum atomic E-state index is 0.108. The van der Waals surface area contributed by atoms with Crippen LogP contribution in [0.5, 0.6) is 0 Å². The van der Waals surface area contributed by atoms with Crippen LogP contribution in [-0.2, 0) is 0 Å². The van der Waals surface area contributed by atoms with Gasteiger partial charge in [0.15, 0.2) is 0 Å². The Kier molecular flexibility index (Phi) is 7.47. The summed E-state index contributed by atoms with van der Waals surface area (Å²) in [6.07, 6.45) is 15.4. The van der Waals surface area contributed by atoms with Crippen LogP contribution in [0.3, 0.4) is 0 Å². The molecule has 0 aromatic carbocycles. The first-order valence-corrected chi connectivity index (χ1v) is 11.8. The standard InChI is InChI=1S/C25H48N2/c1-20-16-18-25(19-17-20,21-14-12-10-9-11-13-15-21)27(8)26-22(23(2,3)4)24(5,6)7/h20-21H,9-19H2,1-8H3. The maximum absolute atomic E-state index is 5.42. The molecule has 0 aromatic rings. The Labute approximate surface area is 170 Å². The van der Waals surface area contributed by atoms with Crippen LogP contribution in [0, 0.1) is 22.7 Å². The highest BCUT2D eigenvalue weighted by Crippen LogP contribution is 2.46. The van der Waals surface area contributed by atoms with Crippen LogP contribution in [-0.4, -0.2) is 23.3 Å². The second-order valence-corrected chi connectivity index (χ2v) is 11.8. The molecule has 0 atom stereocenters. The average molecular weight is 377 g/mol. The fourth-order valence-electron chi connectivity index (χ4n) is 5.93. The zero-order valence-electron chi connectivity index (χ0n) is 19.8. The van der Waals surface area contributed by atoms with Crippen molar-refractivity contribution in [3.63, 3.8) is 0 Å². The zero-order valence-corrected chi connectivity index (χ0v) is 19.8. The Morgan fingerprint density at radius 2 is 1.22 bits per heavy atom. The monoisotopic (exact) mass is 376 g/mol. The van der Waals surface area contributed by atoms with Crippen LogP contribution in [0.2, 0.25) is 0 Å². The number of hydrazone groups is 1. The van der Waals surface area contributed by atoms with Crippen molar-refractivity contribution in [2.24, 2.45) is 27.8 Å². The van der Waals surface area contributed by atoms with Gasteiger partial charge in [0, 0.05) is 23.6 Å². The van der Waals surface area contributed by atoms with Gasteiger partial charge in [0.2, 0.25) is 0 Å². The van der Waals surface area contributed by atoms with E-state index in [9.17, 15) is 0 Å². The van der Waals surface area contributed by atoms with Crippen molar-refractivity contribution in [2.45, 2.75) is 125 Å². The lowest BCUT2D eigenvalue weighted by Gasteiger charge is -2.51. The van der Waals surface area contributed by atoms with Crippen molar-refractivity contribution in [1.82, 2.24) is 5.01 Å². The van der Waals surface area contributed by atoms with E-state index in [2.05, 4.69) is 60.5 Å². The smallest absolute Gasteiger partial charge is 0.0604 e. The van der Waals surface area contributed by atoms with Crippen molar-refractivity contribution in [2.75, 3.05) is 7.05 Å². The predicted octanol–water partition coefficient (Wildman–Crippen LogP) is 7.68. The summed E-state index contributed by atoms with van der Waals surface area (Å²) in [6.45, 7) is 16.4. The lowest BCUT2D eigenvalue weighted by atomic mass is 9.66. The number of hydrogen-bond acceptors (Lipinski definition) is 2. The molecule has 0 saturated heterocycles. The molecular weight excluding hydrogens is 328 g/mol. The maximum atomic E-state index is 5.42. The fraction of sp³-hybridized carbons (Fsp3) is 0.960. The molecule has 0 heterocycles. The lowest BCUT2D eigenvalue weighted by molar-refractivity contribution is -0.00343. The number of hydrogen-bond donors (Lipinski definition) is 0. The molecule has 0 aromatic heterocycles. The van der Waals surface area contributed by atoms with Crippen molar-refractivity contribution < 1.29 is 0 Å². The molecule has 2 saturated carbocycles. The van der Waals surface area contributed by atoms with E-state index in [0.29, 0.717) is 0 Å². The van der Waals surface area contributed by atoms with Crippen molar-refractivity contribution in [1.29, 1.82) is 0 Å². The Bertz CT molecular complexity index is 459. The summed E-state index contributed by atoms with van der Waals surface area (Å²) >= 11 is 0. The summed E-state index contributed by atoms with van der Waals surface area (Å²) in [5, 5.41) is 7.90. The third kappa shape index (κ3) is 5.73. The molecule has 2 rings (SSSR count). The van der Waals surface area contributed by atoms with Gasteiger partial charge in [-0.05, 0) is 50.4 Å². The summed E-state index contributed by atoms with van der Waals surface area (Å²) < 4.78 is 0. The Balaban J connectivity index is 2.38. The Morgan fingerprint density at radius 3 is 1.67 bits per heavy atom. The number of rotatable bonds is 3. The highest BCUT2D eigenvalue weighted by atomic mass is 15.5. The number of nitrogens with zero attached hydrogens (tertiary/aromatic N) is 2. The first-order chi connectivity index (χ1) is 12.5. The van der Waals surface area contributed by atoms with Crippen molar-refractivity contribution in [3.8, 4) is 0 Å². The van der Waals surface area contributed by atoms with E-state index < -0.39 is 0 Å². The van der Waals surface area contributed by atoms with Crippen LogP contribution < -0.4 is 0 Å². The van der Waals surface area contributed by atoms with Gasteiger partial charge >= 0.3 is 0 Å². The molecule has 2 fully saturated rings. The summed E-state index contributed by atoms with van der Waals surface area (Å²) in [5.74, 6) is 1.70. The van der Waals surface area contributed by atoms with E-state index in [-0.39, 0.29) is 16.4 Å². The molecule has 2 heteroatoms. The van der Waals surface area contributed by atoms with Crippen LogP contribution in [0.25, 0.3) is 0 Å². The summed E-state index contributed by atoms with van der Waals surface area (Å²) in [5.41, 5.74) is 1.85. The van der Waals surface area contributed by atoms with Gasteiger partial charge in [0.1, 0.15) is 0 Å². The molecule has 0 aliphatic heterocycles. The average Bonchev–Trinajstić information content (AvgIpc) is 2.51.